The summed E-state index contributed by atoms with van der Waals surface area (Å²) >= 11 is 5.62. The van der Waals surface area contributed by atoms with Crippen LogP contribution in [0.15, 0.2) is 45.3 Å². The first-order valence-electron chi connectivity index (χ1n) is 6.05. The molecule has 22 heavy (non-hydrogen) atoms. The van der Waals surface area contributed by atoms with Crippen LogP contribution in [0.3, 0.4) is 0 Å². The van der Waals surface area contributed by atoms with Gasteiger partial charge in [-0.05, 0) is 0 Å². The molecule has 1 N–H and O–H groups in total. The number of methoxy groups -OCH3 is 1. The third-order valence-corrected chi connectivity index (χ3v) is 6.25. The second-order valence-corrected chi connectivity index (χ2v) is 8.33. The third kappa shape index (κ3) is 4.00. The van der Waals surface area contributed by atoms with Crippen molar-refractivity contribution >= 4 is 62.5 Å². The Balaban J connectivity index is 2.35. The molecule has 1 radical (unpaired) electrons. The molecule has 0 spiro atoms. The summed E-state index contributed by atoms with van der Waals surface area (Å²) in [5, 5.41) is 9.26. The van der Waals surface area contributed by atoms with Crippen molar-refractivity contribution in [1.29, 1.82) is 0 Å². The summed E-state index contributed by atoms with van der Waals surface area (Å²) in [6.07, 6.45) is 0. The molecule has 0 saturated heterocycles. The number of benzene rings is 2. The number of carboxylic acid groups (broad SMARTS) is 1. The number of aromatic carboxylic acids is 1. The Morgan fingerprint density at radius 2 is 1.82 bits per heavy atom. The van der Waals surface area contributed by atoms with Crippen LogP contribution in [0.2, 0.25) is 0 Å². The molecule has 2 aromatic carbocycles. The molecule has 7 heteroatoms. The van der Waals surface area contributed by atoms with Gasteiger partial charge in [0, 0.05) is 0 Å². The van der Waals surface area contributed by atoms with E-state index in [2.05, 4.69) is 31.9 Å². The van der Waals surface area contributed by atoms with Crippen LogP contribution in [0.5, 0.6) is 5.75 Å². The molecular formula is C15H10AsBr2O4. The van der Waals surface area contributed by atoms with Crippen LogP contribution >= 0.6 is 31.9 Å². The van der Waals surface area contributed by atoms with Crippen LogP contribution in [0.1, 0.15) is 20.7 Å². The first-order valence-corrected chi connectivity index (χ1v) is 9.51. The first-order chi connectivity index (χ1) is 10.4. The van der Waals surface area contributed by atoms with E-state index in [1.54, 1.807) is 30.3 Å². The number of rotatable bonds is 5. The summed E-state index contributed by atoms with van der Waals surface area (Å²) in [6.45, 7) is 0. The predicted molar refractivity (Wildman–Crippen MR) is 91.5 cm³/mol. The number of carbonyl (C=O) groups is 2. The molecule has 4 nitrogen and oxygen atoms in total. The van der Waals surface area contributed by atoms with Gasteiger partial charge < -0.3 is 0 Å². The van der Waals surface area contributed by atoms with Crippen molar-refractivity contribution in [1.82, 2.24) is 0 Å². The third-order valence-electron chi connectivity index (χ3n) is 2.81. The van der Waals surface area contributed by atoms with Crippen LogP contribution in [0.4, 0.5) is 0 Å². The Bertz CT molecular complexity index is 746. The Morgan fingerprint density at radius 1 is 1.09 bits per heavy atom. The van der Waals surface area contributed by atoms with Crippen LogP contribution in [0.25, 0.3) is 0 Å². The molecule has 0 bridgehead atoms. The summed E-state index contributed by atoms with van der Waals surface area (Å²) in [5.41, 5.74) is 0.653. The molecule has 0 saturated carbocycles. The van der Waals surface area contributed by atoms with Gasteiger partial charge in [-0.25, -0.2) is 0 Å². The molecule has 0 aliphatic carbocycles. The van der Waals surface area contributed by atoms with Gasteiger partial charge in [0.05, 0.1) is 0 Å². The standard InChI is InChI=1S/C15H10AsBr2O4/c1-22-9-3-5-13(18)11(7-9)14(19)16-12-4-2-8(17)6-10(12)15(20)21/h2-7H,1H3,(H,20,21). The van der Waals surface area contributed by atoms with Crippen molar-refractivity contribution in [3.8, 4) is 5.75 Å². The monoisotopic (exact) mass is 487 g/mol. The molecule has 0 amide bonds. The van der Waals surface area contributed by atoms with Crippen LogP contribution in [-0.2, 0) is 0 Å². The summed E-state index contributed by atoms with van der Waals surface area (Å²) < 4.78 is 6.94. The zero-order chi connectivity index (χ0) is 16.3. The second-order valence-electron chi connectivity index (χ2n) is 4.23. The van der Waals surface area contributed by atoms with E-state index in [1.807, 2.05) is 0 Å². The number of carboxylic acids is 1. The van der Waals surface area contributed by atoms with Crippen molar-refractivity contribution in [2.75, 3.05) is 7.11 Å². The molecule has 0 aliphatic rings. The average Bonchev–Trinajstić information content (AvgIpc) is 2.49. The van der Waals surface area contributed by atoms with Gasteiger partial charge in [0.15, 0.2) is 0 Å². The number of ether oxygens (including phenoxy) is 1. The van der Waals surface area contributed by atoms with Gasteiger partial charge in [-0.3, -0.25) is 0 Å². The van der Waals surface area contributed by atoms with Gasteiger partial charge in [0.25, 0.3) is 0 Å². The minimum absolute atomic E-state index is 0.0909. The van der Waals surface area contributed by atoms with Gasteiger partial charge in [-0.15, -0.1) is 0 Å². The molecular weight excluding hydrogens is 479 g/mol. The minimum atomic E-state index is -1.04. The molecule has 0 fully saturated rings. The van der Waals surface area contributed by atoms with Gasteiger partial charge in [-0.2, -0.15) is 0 Å². The van der Waals surface area contributed by atoms with E-state index < -0.39 is 21.7 Å². The molecule has 2 rings (SSSR count). The van der Waals surface area contributed by atoms with E-state index in [4.69, 9.17) is 4.74 Å². The molecule has 0 atom stereocenters. The first kappa shape index (κ1) is 17.3. The van der Waals surface area contributed by atoms with E-state index in [-0.39, 0.29) is 10.1 Å². The van der Waals surface area contributed by atoms with E-state index in [0.717, 1.165) is 0 Å². The van der Waals surface area contributed by atoms with E-state index >= 15 is 0 Å². The van der Waals surface area contributed by atoms with Crippen molar-refractivity contribution in [3.63, 3.8) is 0 Å². The second kappa shape index (κ2) is 7.44. The van der Waals surface area contributed by atoms with Gasteiger partial charge in [-0.1, -0.05) is 0 Å². The molecule has 0 aliphatic heterocycles. The molecule has 113 valence electrons. The molecule has 0 unspecified atom stereocenters. The quantitative estimate of drug-likeness (QED) is 0.657. The molecule has 2 aromatic rings. The normalized spacial score (nSPS) is 10.9. The fourth-order valence-electron chi connectivity index (χ4n) is 1.74. The Labute approximate surface area is 150 Å². The van der Waals surface area contributed by atoms with Crippen LogP contribution < -0.4 is 9.09 Å². The number of hydrogen-bond acceptors (Lipinski definition) is 3. The van der Waals surface area contributed by atoms with E-state index in [1.165, 1.54) is 13.2 Å². The van der Waals surface area contributed by atoms with Crippen molar-refractivity contribution in [3.05, 3.63) is 56.5 Å². The van der Waals surface area contributed by atoms with Crippen molar-refractivity contribution < 1.29 is 19.4 Å². The van der Waals surface area contributed by atoms with Crippen LogP contribution in [-0.4, -0.2) is 38.5 Å². The number of halogens is 2. The number of hydrogen-bond donors (Lipinski definition) is 1. The summed E-state index contributed by atoms with van der Waals surface area (Å²) in [4.78, 5) is 23.8. The Hall–Kier alpha value is -1.10. The SMILES string of the molecule is COc1ccc(Br)c(C(=O)[As]c2ccc(Br)cc2C(=O)O)c1. The van der Waals surface area contributed by atoms with Crippen molar-refractivity contribution in [2.45, 2.75) is 0 Å². The van der Waals surface area contributed by atoms with Gasteiger partial charge >= 0.3 is 151 Å². The fourth-order valence-corrected chi connectivity index (χ4v) is 4.86. The summed E-state index contributed by atoms with van der Waals surface area (Å²) in [6, 6.07) is 10.1. The maximum atomic E-state index is 12.5. The number of carbonyl (C=O) groups excluding carboxylic acids is 1. The van der Waals surface area contributed by atoms with Gasteiger partial charge in [0.1, 0.15) is 0 Å². The fraction of sp³-hybridized carbons (Fsp3) is 0.0667. The molecule has 0 heterocycles. The van der Waals surface area contributed by atoms with Crippen LogP contribution in [0, 0.1) is 0 Å². The van der Waals surface area contributed by atoms with Crippen molar-refractivity contribution in [2.24, 2.45) is 0 Å². The predicted octanol–water partition coefficient (Wildman–Crippen LogP) is 3.09. The topological polar surface area (TPSA) is 63.6 Å². The van der Waals surface area contributed by atoms with Gasteiger partial charge in [0.2, 0.25) is 0 Å². The average molecular weight is 489 g/mol. The Kier molecular flexibility index (Phi) is 5.84. The summed E-state index contributed by atoms with van der Waals surface area (Å²) in [7, 11) is 1.53. The zero-order valence-electron chi connectivity index (χ0n) is 11.3. The van der Waals surface area contributed by atoms with E-state index in [9.17, 15) is 14.7 Å². The van der Waals surface area contributed by atoms with E-state index in [0.29, 0.717) is 24.6 Å². The zero-order valence-corrected chi connectivity index (χ0v) is 16.4. The Morgan fingerprint density at radius 3 is 2.45 bits per heavy atom. The maximum absolute atomic E-state index is 12.5. The summed E-state index contributed by atoms with van der Waals surface area (Å²) in [5.74, 6) is -0.453. The molecule has 0 aromatic heterocycles.